The Morgan fingerprint density at radius 2 is 2.10 bits per heavy atom. The Hall–Kier alpha value is -1.75. The molecule has 21 heavy (non-hydrogen) atoms. The molecule has 2 heterocycles. The molecular formula is C16H19N3OS. The molecule has 4 nitrogen and oxygen atoms in total. The summed E-state index contributed by atoms with van der Waals surface area (Å²) in [6, 6.07) is 7.93. The second-order valence-electron chi connectivity index (χ2n) is 5.17. The molecule has 1 aromatic carbocycles. The standard InChI is InChI=1S/C16H19N3OS/c1-4-10(3)21-16-18-13-11-8-6-7-9-12(11)17-14(13)15(20)19(16)5-2/h6-10,17H,4-5H2,1-3H3. The number of hydrogen-bond donors (Lipinski definition) is 1. The van der Waals surface area contributed by atoms with Gasteiger partial charge in [0, 0.05) is 22.7 Å². The van der Waals surface area contributed by atoms with Crippen molar-refractivity contribution in [3.63, 3.8) is 0 Å². The van der Waals surface area contributed by atoms with Gasteiger partial charge in [-0.05, 0) is 19.4 Å². The lowest BCUT2D eigenvalue weighted by Gasteiger charge is -2.12. The van der Waals surface area contributed by atoms with Gasteiger partial charge in [0.2, 0.25) is 0 Å². The van der Waals surface area contributed by atoms with Gasteiger partial charge in [-0.3, -0.25) is 9.36 Å². The molecule has 0 saturated carbocycles. The molecule has 110 valence electrons. The van der Waals surface area contributed by atoms with E-state index in [0.29, 0.717) is 17.3 Å². The summed E-state index contributed by atoms with van der Waals surface area (Å²) in [5.74, 6) is 0. The zero-order valence-corrected chi connectivity index (χ0v) is 13.3. The van der Waals surface area contributed by atoms with E-state index in [1.54, 1.807) is 16.3 Å². The Morgan fingerprint density at radius 1 is 1.33 bits per heavy atom. The first-order chi connectivity index (χ1) is 10.2. The third kappa shape index (κ3) is 2.35. The van der Waals surface area contributed by atoms with Gasteiger partial charge in [-0.15, -0.1) is 0 Å². The molecular weight excluding hydrogens is 282 g/mol. The minimum atomic E-state index is 0.0181. The number of aromatic nitrogens is 3. The molecule has 3 rings (SSSR count). The highest BCUT2D eigenvalue weighted by atomic mass is 32.2. The van der Waals surface area contributed by atoms with Gasteiger partial charge in [-0.2, -0.15) is 0 Å². The minimum absolute atomic E-state index is 0.0181. The molecule has 3 aromatic rings. The van der Waals surface area contributed by atoms with Crippen LogP contribution in [0.3, 0.4) is 0 Å². The molecule has 5 heteroatoms. The van der Waals surface area contributed by atoms with Crippen LogP contribution in [0.15, 0.2) is 34.2 Å². The van der Waals surface area contributed by atoms with Crippen LogP contribution in [0, 0.1) is 0 Å². The average Bonchev–Trinajstić information content (AvgIpc) is 2.87. The van der Waals surface area contributed by atoms with Gasteiger partial charge >= 0.3 is 0 Å². The number of H-pyrrole nitrogens is 1. The molecule has 0 amide bonds. The number of para-hydroxylation sites is 1. The summed E-state index contributed by atoms with van der Waals surface area (Å²) in [6.45, 7) is 6.93. The Bertz CT molecular complexity index is 850. The molecule has 1 atom stereocenters. The van der Waals surface area contributed by atoms with Crippen LogP contribution >= 0.6 is 11.8 Å². The van der Waals surface area contributed by atoms with Gasteiger partial charge in [0.05, 0.1) is 0 Å². The van der Waals surface area contributed by atoms with Crippen molar-refractivity contribution in [2.75, 3.05) is 0 Å². The highest BCUT2D eigenvalue weighted by Crippen LogP contribution is 2.27. The van der Waals surface area contributed by atoms with E-state index in [2.05, 4.69) is 18.8 Å². The van der Waals surface area contributed by atoms with Crippen LogP contribution in [0.2, 0.25) is 0 Å². The summed E-state index contributed by atoms with van der Waals surface area (Å²) in [5.41, 5.74) is 2.37. The lowest BCUT2D eigenvalue weighted by molar-refractivity contribution is 0.632. The molecule has 1 N–H and O–H groups in total. The molecule has 0 aliphatic heterocycles. The lowest BCUT2D eigenvalue weighted by atomic mass is 10.2. The predicted octanol–water partition coefficient (Wildman–Crippen LogP) is 3.79. The zero-order chi connectivity index (χ0) is 15.0. The Kier molecular flexibility index (Phi) is 3.76. The molecule has 1 unspecified atom stereocenters. The number of hydrogen-bond acceptors (Lipinski definition) is 3. The fourth-order valence-corrected chi connectivity index (χ4v) is 3.42. The largest absolute Gasteiger partial charge is 0.349 e. The van der Waals surface area contributed by atoms with Crippen molar-refractivity contribution in [1.29, 1.82) is 0 Å². The number of thioether (sulfide) groups is 1. The van der Waals surface area contributed by atoms with Crippen LogP contribution < -0.4 is 5.56 Å². The quantitative estimate of drug-likeness (QED) is 0.589. The summed E-state index contributed by atoms with van der Waals surface area (Å²) < 4.78 is 1.76. The summed E-state index contributed by atoms with van der Waals surface area (Å²) in [7, 11) is 0. The Morgan fingerprint density at radius 3 is 2.81 bits per heavy atom. The second kappa shape index (κ2) is 5.56. The monoisotopic (exact) mass is 301 g/mol. The van der Waals surface area contributed by atoms with Crippen LogP contribution in [-0.4, -0.2) is 19.8 Å². The minimum Gasteiger partial charge on any atom is -0.349 e. The van der Waals surface area contributed by atoms with Crippen LogP contribution in [0.25, 0.3) is 21.9 Å². The van der Waals surface area contributed by atoms with Gasteiger partial charge in [0.1, 0.15) is 11.0 Å². The first-order valence-corrected chi connectivity index (χ1v) is 8.21. The van der Waals surface area contributed by atoms with Gasteiger partial charge in [0.25, 0.3) is 5.56 Å². The van der Waals surface area contributed by atoms with Crippen LogP contribution in [0.4, 0.5) is 0 Å². The SMILES string of the molecule is CCC(C)Sc1nc2c([nH]c3ccccc32)c(=O)n1CC. The van der Waals surface area contributed by atoms with E-state index in [0.717, 1.165) is 28.0 Å². The lowest BCUT2D eigenvalue weighted by Crippen LogP contribution is -2.23. The van der Waals surface area contributed by atoms with E-state index < -0.39 is 0 Å². The van der Waals surface area contributed by atoms with E-state index in [4.69, 9.17) is 4.98 Å². The average molecular weight is 301 g/mol. The molecule has 2 aromatic heterocycles. The molecule has 0 radical (unpaired) electrons. The fourth-order valence-electron chi connectivity index (χ4n) is 2.41. The highest BCUT2D eigenvalue weighted by molar-refractivity contribution is 7.99. The number of nitrogens with one attached hydrogen (secondary N) is 1. The Labute approximate surface area is 127 Å². The second-order valence-corrected chi connectivity index (χ2v) is 6.58. The topological polar surface area (TPSA) is 50.7 Å². The van der Waals surface area contributed by atoms with E-state index in [1.807, 2.05) is 31.2 Å². The molecule has 0 fully saturated rings. The van der Waals surface area contributed by atoms with Gasteiger partial charge in [-0.1, -0.05) is 43.8 Å². The molecule has 0 bridgehead atoms. The highest BCUT2D eigenvalue weighted by Gasteiger charge is 2.16. The van der Waals surface area contributed by atoms with Gasteiger partial charge in [-0.25, -0.2) is 4.98 Å². The molecule has 0 aliphatic carbocycles. The van der Waals surface area contributed by atoms with Gasteiger partial charge < -0.3 is 4.98 Å². The summed E-state index contributed by atoms with van der Waals surface area (Å²) >= 11 is 1.67. The van der Waals surface area contributed by atoms with Crippen molar-refractivity contribution < 1.29 is 0 Å². The van der Waals surface area contributed by atoms with Crippen molar-refractivity contribution >= 4 is 33.7 Å². The maximum absolute atomic E-state index is 12.7. The maximum Gasteiger partial charge on any atom is 0.278 e. The fraction of sp³-hybridized carbons (Fsp3) is 0.375. The zero-order valence-electron chi connectivity index (χ0n) is 12.5. The third-order valence-electron chi connectivity index (χ3n) is 3.77. The number of rotatable bonds is 4. The number of aromatic amines is 1. The molecule has 0 saturated heterocycles. The number of nitrogens with zero attached hydrogens (tertiary/aromatic N) is 2. The van der Waals surface area contributed by atoms with Crippen LogP contribution in [-0.2, 0) is 6.54 Å². The number of fused-ring (bicyclic) bond motifs is 3. The van der Waals surface area contributed by atoms with E-state index >= 15 is 0 Å². The van der Waals surface area contributed by atoms with Crippen molar-refractivity contribution in [1.82, 2.24) is 14.5 Å². The smallest absolute Gasteiger partial charge is 0.278 e. The van der Waals surface area contributed by atoms with Crippen molar-refractivity contribution in [2.45, 2.75) is 44.1 Å². The predicted molar refractivity (Wildman–Crippen MR) is 89.1 cm³/mol. The maximum atomic E-state index is 12.7. The molecule has 0 aliphatic rings. The first kappa shape index (κ1) is 14.2. The van der Waals surface area contributed by atoms with Crippen LogP contribution in [0.1, 0.15) is 27.2 Å². The summed E-state index contributed by atoms with van der Waals surface area (Å²) in [5, 5.41) is 2.27. The normalized spacial score (nSPS) is 13.1. The van der Waals surface area contributed by atoms with Gasteiger partial charge in [0.15, 0.2) is 5.16 Å². The summed E-state index contributed by atoms with van der Waals surface area (Å²) in [4.78, 5) is 20.7. The van der Waals surface area contributed by atoms with E-state index in [-0.39, 0.29) is 5.56 Å². The third-order valence-corrected chi connectivity index (χ3v) is 5.03. The van der Waals surface area contributed by atoms with Crippen molar-refractivity contribution in [2.24, 2.45) is 0 Å². The van der Waals surface area contributed by atoms with E-state index in [1.165, 1.54) is 0 Å². The summed E-state index contributed by atoms with van der Waals surface area (Å²) in [6.07, 6.45) is 1.05. The number of benzene rings is 1. The first-order valence-electron chi connectivity index (χ1n) is 7.33. The Balaban J connectivity index is 2.32. The molecule has 0 spiro atoms. The van der Waals surface area contributed by atoms with E-state index in [9.17, 15) is 4.79 Å². The van der Waals surface area contributed by atoms with Crippen molar-refractivity contribution in [3.8, 4) is 0 Å². The van der Waals surface area contributed by atoms with Crippen LogP contribution in [0.5, 0.6) is 0 Å². The van der Waals surface area contributed by atoms with Crippen molar-refractivity contribution in [3.05, 3.63) is 34.6 Å².